The van der Waals surface area contributed by atoms with Gasteiger partial charge in [-0.15, -0.1) is 0 Å². The number of anilines is 1. The Labute approximate surface area is 187 Å². The molecule has 0 unspecified atom stereocenters. The lowest BCUT2D eigenvalue weighted by Gasteiger charge is -2.16. The second-order valence-corrected chi connectivity index (χ2v) is 8.10. The van der Waals surface area contributed by atoms with Gasteiger partial charge in [-0.1, -0.05) is 36.4 Å². The minimum atomic E-state index is -0.0476. The van der Waals surface area contributed by atoms with Crippen molar-refractivity contribution in [3.05, 3.63) is 84.2 Å². The van der Waals surface area contributed by atoms with Gasteiger partial charge in [0.25, 0.3) is 5.91 Å². The molecule has 0 saturated heterocycles. The largest absolute Gasteiger partial charge is 0.496 e. The average Bonchev–Trinajstić information content (AvgIpc) is 3.44. The lowest BCUT2D eigenvalue weighted by molar-refractivity contribution is 0.0996. The van der Waals surface area contributed by atoms with Crippen LogP contribution in [0.1, 0.15) is 35.8 Å². The van der Waals surface area contributed by atoms with Crippen molar-refractivity contribution in [2.24, 2.45) is 0 Å². The third-order valence-electron chi connectivity index (χ3n) is 5.80. The molecule has 5 rings (SSSR count). The molecule has 1 amide bonds. The van der Waals surface area contributed by atoms with Crippen molar-refractivity contribution in [2.45, 2.75) is 26.4 Å². The van der Waals surface area contributed by atoms with Gasteiger partial charge in [0, 0.05) is 29.6 Å². The van der Waals surface area contributed by atoms with Crippen molar-refractivity contribution >= 4 is 11.7 Å². The van der Waals surface area contributed by atoms with E-state index in [-0.39, 0.29) is 11.9 Å². The highest BCUT2D eigenvalue weighted by atomic mass is 16.5. The van der Waals surface area contributed by atoms with Crippen LogP contribution in [0.5, 0.6) is 5.75 Å². The number of fused-ring (bicyclic) bond motifs is 1. The molecular formula is C26H24N4O2. The van der Waals surface area contributed by atoms with Gasteiger partial charge in [0.15, 0.2) is 5.82 Å². The minimum absolute atomic E-state index is 0.0476. The molecule has 0 aliphatic carbocycles. The van der Waals surface area contributed by atoms with Gasteiger partial charge in [-0.2, -0.15) is 0 Å². The Hall–Kier alpha value is -3.93. The van der Waals surface area contributed by atoms with E-state index in [9.17, 15) is 4.79 Å². The quantitative estimate of drug-likeness (QED) is 0.433. The Kier molecular flexibility index (Phi) is 4.98. The monoisotopic (exact) mass is 424 g/mol. The normalized spacial score (nSPS) is 13.0. The topological polar surface area (TPSA) is 60.2 Å². The highest BCUT2D eigenvalue weighted by Crippen LogP contribution is 2.35. The zero-order valence-corrected chi connectivity index (χ0v) is 18.3. The second kappa shape index (κ2) is 7.96. The molecule has 0 radical (unpaired) electrons. The molecule has 0 fully saturated rings. The predicted octanol–water partition coefficient (Wildman–Crippen LogP) is 5.36. The maximum absolute atomic E-state index is 13.3. The Morgan fingerprint density at radius 3 is 2.66 bits per heavy atom. The SMILES string of the molecule is COc1ccccc1-c1ccc2c(c1)C(=O)N(c1cccc(-c3nccn3C(C)C)n1)C2. The first-order chi connectivity index (χ1) is 15.6. The lowest BCUT2D eigenvalue weighted by Crippen LogP contribution is -2.24. The van der Waals surface area contributed by atoms with Crippen LogP contribution in [-0.2, 0) is 6.54 Å². The van der Waals surface area contributed by atoms with Gasteiger partial charge < -0.3 is 9.30 Å². The van der Waals surface area contributed by atoms with Gasteiger partial charge in [-0.05, 0) is 49.2 Å². The molecule has 2 aromatic carbocycles. The molecule has 6 heteroatoms. The van der Waals surface area contributed by atoms with E-state index in [1.807, 2.05) is 66.9 Å². The number of ether oxygens (including phenoxy) is 1. The summed E-state index contributed by atoms with van der Waals surface area (Å²) in [5.41, 5.74) is 4.36. The highest BCUT2D eigenvalue weighted by Gasteiger charge is 2.30. The van der Waals surface area contributed by atoms with Gasteiger partial charge in [0.2, 0.25) is 0 Å². The predicted molar refractivity (Wildman–Crippen MR) is 125 cm³/mol. The Morgan fingerprint density at radius 1 is 1.00 bits per heavy atom. The molecule has 1 aliphatic rings. The van der Waals surface area contributed by atoms with Crippen molar-refractivity contribution < 1.29 is 9.53 Å². The van der Waals surface area contributed by atoms with Gasteiger partial charge in [-0.3, -0.25) is 9.69 Å². The minimum Gasteiger partial charge on any atom is -0.496 e. The summed E-state index contributed by atoms with van der Waals surface area (Å²) in [5.74, 6) is 2.16. The molecule has 3 heterocycles. The van der Waals surface area contributed by atoms with Gasteiger partial charge >= 0.3 is 0 Å². The van der Waals surface area contributed by atoms with Gasteiger partial charge in [0.1, 0.15) is 17.3 Å². The summed E-state index contributed by atoms with van der Waals surface area (Å²) in [6.45, 7) is 4.71. The summed E-state index contributed by atoms with van der Waals surface area (Å²) in [5, 5.41) is 0. The van der Waals surface area contributed by atoms with Crippen molar-refractivity contribution in [1.82, 2.24) is 14.5 Å². The summed E-state index contributed by atoms with van der Waals surface area (Å²) in [7, 11) is 1.66. The van der Waals surface area contributed by atoms with Gasteiger partial charge in [-0.25, -0.2) is 9.97 Å². The Morgan fingerprint density at radius 2 is 1.84 bits per heavy atom. The smallest absolute Gasteiger partial charge is 0.260 e. The number of nitrogens with zero attached hydrogens (tertiary/aromatic N) is 4. The number of aromatic nitrogens is 3. The third kappa shape index (κ3) is 3.34. The summed E-state index contributed by atoms with van der Waals surface area (Å²) in [6.07, 6.45) is 3.73. The van der Waals surface area contributed by atoms with Crippen molar-refractivity contribution in [1.29, 1.82) is 0 Å². The zero-order valence-electron chi connectivity index (χ0n) is 18.3. The van der Waals surface area contributed by atoms with Crippen molar-refractivity contribution in [3.63, 3.8) is 0 Å². The number of pyridine rings is 1. The van der Waals surface area contributed by atoms with E-state index in [4.69, 9.17) is 9.72 Å². The molecule has 4 aromatic rings. The summed E-state index contributed by atoms with van der Waals surface area (Å²) < 4.78 is 7.57. The fourth-order valence-electron chi connectivity index (χ4n) is 4.16. The third-order valence-corrected chi connectivity index (χ3v) is 5.80. The van der Waals surface area contributed by atoms with Gasteiger partial charge in [0.05, 0.1) is 13.7 Å². The van der Waals surface area contributed by atoms with Crippen LogP contribution in [0.15, 0.2) is 73.1 Å². The number of rotatable bonds is 5. The Balaban J connectivity index is 1.49. The summed E-state index contributed by atoms with van der Waals surface area (Å²) >= 11 is 0. The van der Waals surface area contributed by atoms with E-state index in [2.05, 4.69) is 23.4 Å². The van der Waals surface area contributed by atoms with Crippen LogP contribution in [0.3, 0.4) is 0 Å². The number of methoxy groups -OCH3 is 1. The number of para-hydroxylation sites is 1. The molecule has 1 aliphatic heterocycles. The number of carbonyl (C=O) groups excluding carboxylic acids is 1. The number of hydrogen-bond acceptors (Lipinski definition) is 4. The maximum Gasteiger partial charge on any atom is 0.260 e. The standard InChI is InChI=1S/C26H24N4O2/c1-17(2)29-14-13-27-25(29)22-8-6-10-24(28-22)30-16-19-12-11-18(15-21(19)26(30)31)20-7-4-5-9-23(20)32-3/h4-15,17H,16H2,1-3H3. The molecule has 32 heavy (non-hydrogen) atoms. The first-order valence-electron chi connectivity index (χ1n) is 10.6. The van der Waals surface area contributed by atoms with Crippen LogP contribution in [-0.4, -0.2) is 27.6 Å². The summed E-state index contributed by atoms with van der Waals surface area (Å²) in [4.78, 5) is 24.3. The molecule has 0 atom stereocenters. The van der Waals surface area contributed by atoms with Crippen LogP contribution < -0.4 is 9.64 Å². The van der Waals surface area contributed by atoms with E-state index in [1.54, 1.807) is 18.2 Å². The van der Waals surface area contributed by atoms with Crippen molar-refractivity contribution in [3.8, 4) is 28.4 Å². The van der Waals surface area contributed by atoms with E-state index < -0.39 is 0 Å². The molecule has 6 nitrogen and oxygen atoms in total. The summed E-state index contributed by atoms with van der Waals surface area (Å²) in [6, 6.07) is 19.8. The highest BCUT2D eigenvalue weighted by molar-refractivity contribution is 6.10. The average molecular weight is 425 g/mol. The van der Waals surface area contributed by atoms with E-state index in [0.717, 1.165) is 34.0 Å². The molecular weight excluding hydrogens is 400 g/mol. The Bertz CT molecular complexity index is 1310. The fourth-order valence-corrected chi connectivity index (χ4v) is 4.16. The van der Waals surface area contributed by atoms with Crippen LogP contribution in [0.4, 0.5) is 5.82 Å². The van der Waals surface area contributed by atoms with E-state index in [1.165, 1.54) is 0 Å². The van der Waals surface area contributed by atoms with E-state index in [0.29, 0.717) is 17.9 Å². The number of imidazole rings is 1. The number of amides is 1. The number of carbonyl (C=O) groups is 1. The van der Waals surface area contributed by atoms with E-state index >= 15 is 0 Å². The lowest BCUT2D eigenvalue weighted by atomic mass is 10.00. The molecule has 160 valence electrons. The zero-order chi connectivity index (χ0) is 22.2. The molecule has 0 spiro atoms. The van der Waals surface area contributed by atoms with Crippen LogP contribution in [0.25, 0.3) is 22.6 Å². The molecule has 0 N–H and O–H groups in total. The van der Waals surface area contributed by atoms with Crippen molar-refractivity contribution in [2.75, 3.05) is 12.0 Å². The first-order valence-corrected chi connectivity index (χ1v) is 10.6. The molecule has 0 bridgehead atoms. The number of hydrogen-bond donors (Lipinski definition) is 0. The maximum atomic E-state index is 13.3. The van der Waals surface area contributed by atoms with Crippen LogP contribution in [0, 0.1) is 0 Å². The second-order valence-electron chi connectivity index (χ2n) is 8.10. The first kappa shape index (κ1) is 20.0. The van der Waals surface area contributed by atoms with Crippen LogP contribution >= 0.6 is 0 Å². The molecule has 2 aromatic heterocycles. The van der Waals surface area contributed by atoms with Crippen LogP contribution in [0.2, 0.25) is 0 Å². The fraction of sp³-hybridized carbons (Fsp3) is 0.192. The number of benzene rings is 2. The molecule has 0 saturated carbocycles.